The van der Waals surface area contributed by atoms with Crippen LogP contribution in [0.25, 0.3) is 5.65 Å². The van der Waals surface area contributed by atoms with Crippen molar-refractivity contribution >= 4 is 17.2 Å². The number of nitriles is 1. The highest BCUT2D eigenvalue weighted by Gasteiger charge is 2.14. The summed E-state index contributed by atoms with van der Waals surface area (Å²) in [5.41, 5.74) is 1.34. The SMILES string of the molecule is N#Cc1ccc(Oc2nc3ccccn3c2CCl)cc1F. The van der Waals surface area contributed by atoms with E-state index in [1.165, 1.54) is 12.1 Å². The van der Waals surface area contributed by atoms with Crippen molar-refractivity contribution in [2.75, 3.05) is 0 Å². The summed E-state index contributed by atoms with van der Waals surface area (Å²) in [6.07, 6.45) is 1.83. The number of aromatic nitrogens is 2. The number of ether oxygens (including phenoxy) is 1. The van der Waals surface area contributed by atoms with E-state index in [2.05, 4.69) is 4.98 Å². The summed E-state index contributed by atoms with van der Waals surface area (Å²) in [4.78, 5) is 4.32. The van der Waals surface area contributed by atoms with Crippen LogP contribution < -0.4 is 4.74 Å². The molecule has 6 heteroatoms. The molecule has 0 amide bonds. The van der Waals surface area contributed by atoms with Crippen LogP contribution in [0.4, 0.5) is 4.39 Å². The van der Waals surface area contributed by atoms with Gasteiger partial charge in [0, 0.05) is 12.3 Å². The molecule has 0 atom stereocenters. The molecule has 1 aromatic carbocycles. The van der Waals surface area contributed by atoms with E-state index >= 15 is 0 Å². The lowest BCUT2D eigenvalue weighted by Gasteiger charge is -2.05. The highest BCUT2D eigenvalue weighted by atomic mass is 35.5. The number of benzene rings is 1. The van der Waals surface area contributed by atoms with Crippen molar-refractivity contribution in [3.8, 4) is 17.7 Å². The predicted octanol–water partition coefficient (Wildman–Crippen LogP) is 3.88. The van der Waals surface area contributed by atoms with Crippen LogP contribution in [0.3, 0.4) is 0 Å². The minimum Gasteiger partial charge on any atom is -0.437 e. The fourth-order valence-electron chi connectivity index (χ4n) is 1.99. The van der Waals surface area contributed by atoms with Crippen molar-refractivity contribution in [1.29, 1.82) is 5.26 Å². The van der Waals surface area contributed by atoms with Gasteiger partial charge in [0.05, 0.1) is 11.4 Å². The molecule has 0 saturated heterocycles. The average molecular weight is 302 g/mol. The smallest absolute Gasteiger partial charge is 0.242 e. The maximum Gasteiger partial charge on any atom is 0.242 e. The van der Waals surface area contributed by atoms with E-state index in [0.717, 1.165) is 6.07 Å². The van der Waals surface area contributed by atoms with Gasteiger partial charge in [-0.2, -0.15) is 10.2 Å². The summed E-state index contributed by atoms with van der Waals surface area (Å²) in [5.74, 6) is 0.159. The molecule has 0 spiro atoms. The zero-order valence-electron chi connectivity index (χ0n) is 10.8. The maximum absolute atomic E-state index is 13.6. The summed E-state index contributed by atoms with van der Waals surface area (Å²) in [6.45, 7) is 0. The Morgan fingerprint density at radius 1 is 1.33 bits per heavy atom. The molecule has 2 heterocycles. The first-order valence-corrected chi connectivity index (χ1v) is 6.66. The third-order valence-corrected chi connectivity index (χ3v) is 3.25. The maximum atomic E-state index is 13.6. The molecule has 3 rings (SSSR count). The second-order valence-corrected chi connectivity index (χ2v) is 4.55. The number of hydrogen-bond donors (Lipinski definition) is 0. The Hall–Kier alpha value is -2.58. The molecule has 0 bridgehead atoms. The summed E-state index contributed by atoms with van der Waals surface area (Å²) in [6, 6.07) is 11.3. The molecule has 0 saturated carbocycles. The zero-order valence-corrected chi connectivity index (χ0v) is 11.5. The topological polar surface area (TPSA) is 50.3 Å². The van der Waals surface area contributed by atoms with E-state index in [-0.39, 0.29) is 17.2 Å². The minimum atomic E-state index is -0.633. The Bertz CT molecular complexity index is 854. The molecule has 104 valence electrons. The van der Waals surface area contributed by atoms with Crippen LogP contribution >= 0.6 is 11.6 Å². The van der Waals surface area contributed by atoms with Crippen LogP contribution in [0.5, 0.6) is 11.6 Å². The molecule has 0 unspecified atom stereocenters. The monoisotopic (exact) mass is 301 g/mol. The number of pyridine rings is 1. The van der Waals surface area contributed by atoms with Crippen LogP contribution in [-0.4, -0.2) is 9.38 Å². The first kappa shape index (κ1) is 13.4. The van der Waals surface area contributed by atoms with Gasteiger partial charge in [-0.1, -0.05) is 6.07 Å². The number of nitrogens with zero attached hydrogens (tertiary/aromatic N) is 3. The number of alkyl halides is 1. The van der Waals surface area contributed by atoms with Crippen molar-refractivity contribution in [1.82, 2.24) is 9.38 Å². The molecule has 0 aliphatic rings. The molecule has 0 fully saturated rings. The molecule has 2 aromatic heterocycles. The fraction of sp³-hybridized carbons (Fsp3) is 0.0667. The molecular formula is C15H9ClFN3O. The highest BCUT2D eigenvalue weighted by Crippen LogP contribution is 2.28. The minimum absolute atomic E-state index is 0.0325. The van der Waals surface area contributed by atoms with Crippen LogP contribution in [0.1, 0.15) is 11.3 Å². The van der Waals surface area contributed by atoms with E-state index < -0.39 is 5.82 Å². The van der Waals surface area contributed by atoms with Gasteiger partial charge in [0.15, 0.2) is 0 Å². The molecule has 0 aliphatic heterocycles. The third kappa shape index (κ3) is 2.41. The summed E-state index contributed by atoms with van der Waals surface area (Å²) < 4.78 is 21.0. The van der Waals surface area contributed by atoms with Gasteiger partial charge in [0.25, 0.3) is 0 Å². The van der Waals surface area contributed by atoms with Crippen molar-refractivity contribution in [2.45, 2.75) is 5.88 Å². The van der Waals surface area contributed by atoms with E-state index in [1.807, 2.05) is 28.8 Å². The van der Waals surface area contributed by atoms with Gasteiger partial charge >= 0.3 is 0 Å². The van der Waals surface area contributed by atoms with Crippen molar-refractivity contribution in [3.63, 3.8) is 0 Å². The van der Waals surface area contributed by atoms with Crippen LogP contribution in [0.2, 0.25) is 0 Å². The van der Waals surface area contributed by atoms with E-state index in [0.29, 0.717) is 17.2 Å². The van der Waals surface area contributed by atoms with E-state index in [9.17, 15) is 4.39 Å². The first-order chi connectivity index (χ1) is 10.2. The predicted molar refractivity (Wildman–Crippen MR) is 75.9 cm³/mol. The number of fused-ring (bicyclic) bond motifs is 1. The highest BCUT2D eigenvalue weighted by molar-refractivity contribution is 6.17. The Kier molecular flexibility index (Phi) is 3.46. The molecule has 0 N–H and O–H groups in total. The fourth-order valence-corrected chi connectivity index (χ4v) is 2.23. The Morgan fingerprint density at radius 3 is 2.90 bits per heavy atom. The van der Waals surface area contributed by atoms with Gasteiger partial charge in [0.1, 0.15) is 29.0 Å². The quantitative estimate of drug-likeness (QED) is 0.690. The lowest BCUT2D eigenvalue weighted by molar-refractivity contribution is 0.456. The van der Waals surface area contributed by atoms with Gasteiger partial charge in [-0.15, -0.1) is 11.6 Å². The molecule has 3 aromatic rings. The second kappa shape index (κ2) is 5.43. The summed E-state index contributed by atoms with van der Waals surface area (Å²) >= 11 is 5.94. The van der Waals surface area contributed by atoms with Gasteiger partial charge in [0.2, 0.25) is 5.88 Å². The summed E-state index contributed by atoms with van der Waals surface area (Å²) in [7, 11) is 0. The standard InChI is InChI=1S/C15H9ClFN3O/c16-8-13-15(19-14-3-1-2-6-20(13)14)21-11-5-4-10(9-18)12(17)7-11/h1-7H,8H2. The number of hydrogen-bond acceptors (Lipinski definition) is 3. The number of imidazole rings is 1. The van der Waals surface area contributed by atoms with Crippen LogP contribution in [0, 0.1) is 17.1 Å². The number of halogens is 2. The van der Waals surface area contributed by atoms with Gasteiger partial charge in [-0.05, 0) is 24.3 Å². The molecule has 21 heavy (non-hydrogen) atoms. The average Bonchev–Trinajstić information content (AvgIpc) is 2.84. The largest absolute Gasteiger partial charge is 0.437 e. The van der Waals surface area contributed by atoms with E-state index in [4.69, 9.17) is 21.6 Å². The molecule has 0 radical (unpaired) electrons. The first-order valence-electron chi connectivity index (χ1n) is 6.12. The Labute approximate surface area is 125 Å². The van der Waals surface area contributed by atoms with Crippen LogP contribution in [0.15, 0.2) is 42.6 Å². The van der Waals surface area contributed by atoms with Crippen LogP contribution in [-0.2, 0) is 5.88 Å². The van der Waals surface area contributed by atoms with Gasteiger partial charge in [-0.25, -0.2) is 4.39 Å². The van der Waals surface area contributed by atoms with Gasteiger partial charge < -0.3 is 4.74 Å². The lowest BCUT2D eigenvalue weighted by atomic mass is 10.2. The third-order valence-electron chi connectivity index (χ3n) is 2.99. The van der Waals surface area contributed by atoms with Crippen molar-refractivity contribution in [3.05, 3.63) is 59.7 Å². The van der Waals surface area contributed by atoms with Crippen molar-refractivity contribution in [2.24, 2.45) is 0 Å². The molecular weight excluding hydrogens is 293 g/mol. The Balaban J connectivity index is 2.02. The number of rotatable bonds is 3. The zero-order chi connectivity index (χ0) is 14.8. The van der Waals surface area contributed by atoms with E-state index in [1.54, 1.807) is 6.07 Å². The summed E-state index contributed by atoms with van der Waals surface area (Å²) in [5, 5.41) is 8.71. The van der Waals surface area contributed by atoms with Gasteiger partial charge in [-0.3, -0.25) is 4.40 Å². The normalized spacial score (nSPS) is 10.5. The lowest BCUT2D eigenvalue weighted by Crippen LogP contribution is -1.93. The van der Waals surface area contributed by atoms with Crippen molar-refractivity contribution < 1.29 is 9.13 Å². The molecule has 0 aliphatic carbocycles. The Morgan fingerprint density at radius 2 is 2.19 bits per heavy atom. The molecule has 4 nitrogen and oxygen atoms in total. The second-order valence-electron chi connectivity index (χ2n) is 4.28.